The molecule has 5 nitrogen and oxygen atoms in total. The summed E-state index contributed by atoms with van der Waals surface area (Å²) in [6.07, 6.45) is -1.53. The van der Waals surface area contributed by atoms with E-state index in [1.54, 1.807) is 12.1 Å². The van der Waals surface area contributed by atoms with E-state index in [-0.39, 0.29) is 11.7 Å². The second-order valence-electron chi connectivity index (χ2n) is 4.74. The summed E-state index contributed by atoms with van der Waals surface area (Å²) in [5, 5.41) is 11.8. The second kappa shape index (κ2) is 6.04. The van der Waals surface area contributed by atoms with Gasteiger partial charge in [0.15, 0.2) is 11.5 Å². The standard InChI is InChI=1S/C16H9F3N4O/c17-16(18,19)11-5-3-10(4-6-11)14-9-22-15(24-14)23-12-2-1-7-21-13(12)8-20/h1-7,9H,(H,22,23). The van der Waals surface area contributed by atoms with Gasteiger partial charge in [-0.05, 0) is 24.3 Å². The zero-order valence-electron chi connectivity index (χ0n) is 12.0. The van der Waals surface area contributed by atoms with Crippen LogP contribution in [0.4, 0.5) is 24.9 Å². The second-order valence-corrected chi connectivity index (χ2v) is 4.74. The van der Waals surface area contributed by atoms with E-state index in [2.05, 4.69) is 15.3 Å². The predicted molar refractivity (Wildman–Crippen MR) is 79.2 cm³/mol. The number of nitrogens with zero attached hydrogens (tertiary/aromatic N) is 3. The van der Waals surface area contributed by atoms with Gasteiger partial charge in [-0.15, -0.1) is 0 Å². The lowest BCUT2D eigenvalue weighted by molar-refractivity contribution is -0.137. The first kappa shape index (κ1) is 15.6. The highest BCUT2D eigenvalue weighted by atomic mass is 19.4. The summed E-state index contributed by atoms with van der Waals surface area (Å²) in [5.74, 6) is 0.300. The highest BCUT2D eigenvalue weighted by Crippen LogP contribution is 2.31. The van der Waals surface area contributed by atoms with E-state index in [1.807, 2.05) is 6.07 Å². The van der Waals surface area contributed by atoms with Crippen LogP contribution in [0.15, 0.2) is 53.2 Å². The Kier molecular flexibility index (Phi) is 3.92. The molecule has 3 aromatic rings. The number of benzene rings is 1. The van der Waals surface area contributed by atoms with Crippen LogP contribution in [-0.2, 0) is 6.18 Å². The Morgan fingerprint density at radius 2 is 1.83 bits per heavy atom. The van der Waals surface area contributed by atoms with Crippen LogP contribution in [0.2, 0.25) is 0 Å². The number of oxazole rings is 1. The lowest BCUT2D eigenvalue weighted by atomic mass is 10.1. The molecule has 0 atom stereocenters. The molecule has 0 radical (unpaired) electrons. The first-order valence-corrected chi connectivity index (χ1v) is 6.73. The van der Waals surface area contributed by atoms with Crippen molar-refractivity contribution in [3.8, 4) is 17.4 Å². The molecule has 0 aliphatic carbocycles. The maximum atomic E-state index is 12.6. The van der Waals surface area contributed by atoms with Crippen LogP contribution < -0.4 is 5.32 Å². The Balaban J connectivity index is 1.82. The van der Waals surface area contributed by atoms with Crippen molar-refractivity contribution in [1.82, 2.24) is 9.97 Å². The van der Waals surface area contributed by atoms with Crippen molar-refractivity contribution in [3.63, 3.8) is 0 Å². The third kappa shape index (κ3) is 3.20. The molecule has 1 aromatic carbocycles. The lowest BCUT2D eigenvalue weighted by Crippen LogP contribution is -2.03. The molecule has 0 saturated heterocycles. The number of nitriles is 1. The molecule has 0 aliphatic heterocycles. The fourth-order valence-corrected chi connectivity index (χ4v) is 2.00. The molecule has 0 bridgehead atoms. The molecule has 0 fully saturated rings. The van der Waals surface area contributed by atoms with Gasteiger partial charge in [0.25, 0.3) is 6.01 Å². The Labute approximate surface area is 134 Å². The number of hydrogen-bond donors (Lipinski definition) is 1. The Hall–Kier alpha value is -3.34. The molecule has 3 rings (SSSR count). The molecule has 1 N–H and O–H groups in total. The number of pyridine rings is 1. The molecule has 8 heteroatoms. The van der Waals surface area contributed by atoms with Gasteiger partial charge in [-0.25, -0.2) is 9.97 Å². The van der Waals surface area contributed by atoms with Crippen molar-refractivity contribution in [3.05, 3.63) is 60.0 Å². The molecule has 2 aromatic heterocycles. The van der Waals surface area contributed by atoms with E-state index in [0.717, 1.165) is 12.1 Å². The summed E-state index contributed by atoms with van der Waals surface area (Å²) < 4.78 is 43.1. The molecule has 0 spiro atoms. The summed E-state index contributed by atoms with van der Waals surface area (Å²) in [6.45, 7) is 0. The van der Waals surface area contributed by atoms with Gasteiger partial charge in [0.1, 0.15) is 6.07 Å². The number of anilines is 2. The van der Waals surface area contributed by atoms with Crippen LogP contribution in [0, 0.1) is 11.3 Å². The van der Waals surface area contributed by atoms with E-state index in [9.17, 15) is 13.2 Å². The Morgan fingerprint density at radius 1 is 1.08 bits per heavy atom. The molecule has 120 valence electrons. The Bertz CT molecular complexity index is 895. The zero-order chi connectivity index (χ0) is 17.2. The van der Waals surface area contributed by atoms with Crippen LogP contribution in [0.3, 0.4) is 0 Å². The van der Waals surface area contributed by atoms with Crippen molar-refractivity contribution in [1.29, 1.82) is 5.26 Å². The number of hydrogen-bond acceptors (Lipinski definition) is 5. The lowest BCUT2D eigenvalue weighted by Gasteiger charge is -2.06. The molecule has 24 heavy (non-hydrogen) atoms. The van der Waals surface area contributed by atoms with Gasteiger partial charge >= 0.3 is 6.18 Å². The topological polar surface area (TPSA) is 74.7 Å². The fraction of sp³-hybridized carbons (Fsp3) is 0.0625. The largest absolute Gasteiger partial charge is 0.423 e. The number of nitrogens with one attached hydrogen (secondary N) is 1. The molecule has 0 unspecified atom stereocenters. The van der Waals surface area contributed by atoms with E-state index >= 15 is 0 Å². The highest BCUT2D eigenvalue weighted by Gasteiger charge is 2.30. The van der Waals surface area contributed by atoms with Crippen molar-refractivity contribution < 1.29 is 17.6 Å². The predicted octanol–water partition coefficient (Wildman–Crippen LogP) is 4.37. The smallest absolute Gasteiger partial charge is 0.416 e. The van der Waals surface area contributed by atoms with Gasteiger partial charge in [-0.3, -0.25) is 0 Å². The van der Waals surface area contributed by atoms with Crippen LogP contribution >= 0.6 is 0 Å². The van der Waals surface area contributed by atoms with Crippen molar-refractivity contribution in [2.75, 3.05) is 5.32 Å². The third-order valence-electron chi connectivity index (χ3n) is 3.16. The fourth-order valence-electron chi connectivity index (χ4n) is 2.00. The maximum absolute atomic E-state index is 12.6. The Morgan fingerprint density at radius 3 is 2.50 bits per heavy atom. The van der Waals surface area contributed by atoms with Crippen molar-refractivity contribution in [2.45, 2.75) is 6.18 Å². The molecule has 0 saturated carbocycles. The number of aromatic nitrogens is 2. The van der Waals surface area contributed by atoms with E-state index in [1.165, 1.54) is 24.5 Å². The van der Waals surface area contributed by atoms with Crippen molar-refractivity contribution in [2.24, 2.45) is 0 Å². The number of rotatable bonds is 3. The summed E-state index contributed by atoms with van der Waals surface area (Å²) in [6, 6.07) is 9.86. The molecular formula is C16H9F3N4O. The highest BCUT2D eigenvalue weighted by molar-refractivity contribution is 5.62. The SMILES string of the molecule is N#Cc1ncccc1Nc1ncc(-c2ccc(C(F)(F)F)cc2)o1. The van der Waals surface area contributed by atoms with Gasteiger partial charge in [0.2, 0.25) is 0 Å². The van der Waals surface area contributed by atoms with Gasteiger partial charge in [0.05, 0.1) is 17.4 Å². The average molecular weight is 330 g/mol. The molecule has 2 heterocycles. The van der Waals surface area contributed by atoms with Crippen LogP contribution in [-0.4, -0.2) is 9.97 Å². The van der Waals surface area contributed by atoms with Crippen LogP contribution in [0.25, 0.3) is 11.3 Å². The minimum Gasteiger partial charge on any atom is -0.423 e. The summed E-state index contributed by atoms with van der Waals surface area (Å²) in [5.41, 5.74) is 0.306. The van der Waals surface area contributed by atoms with Gasteiger partial charge in [0, 0.05) is 11.8 Å². The maximum Gasteiger partial charge on any atom is 0.416 e. The first-order valence-electron chi connectivity index (χ1n) is 6.73. The monoisotopic (exact) mass is 330 g/mol. The van der Waals surface area contributed by atoms with E-state index < -0.39 is 11.7 Å². The van der Waals surface area contributed by atoms with Crippen LogP contribution in [0.5, 0.6) is 0 Å². The first-order chi connectivity index (χ1) is 11.5. The summed E-state index contributed by atoms with van der Waals surface area (Å²) in [4.78, 5) is 7.89. The van der Waals surface area contributed by atoms with Crippen molar-refractivity contribution >= 4 is 11.7 Å². The molecular weight excluding hydrogens is 321 g/mol. The summed E-state index contributed by atoms with van der Waals surface area (Å²) >= 11 is 0. The summed E-state index contributed by atoms with van der Waals surface area (Å²) in [7, 11) is 0. The average Bonchev–Trinajstić information content (AvgIpc) is 3.03. The normalized spacial score (nSPS) is 11.1. The minimum atomic E-state index is -4.39. The van der Waals surface area contributed by atoms with Crippen LogP contribution in [0.1, 0.15) is 11.3 Å². The van der Waals surface area contributed by atoms with Gasteiger partial charge in [-0.2, -0.15) is 18.4 Å². The third-order valence-corrected chi connectivity index (χ3v) is 3.16. The van der Waals surface area contributed by atoms with Gasteiger partial charge in [-0.1, -0.05) is 12.1 Å². The van der Waals surface area contributed by atoms with E-state index in [4.69, 9.17) is 9.68 Å². The number of halogens is 3. The quantitative estimate of drug-likeness (QED) is 0.772. The zero-order valence-corrected chi connectivity index (χ0v) is 12.0. The molecule has 0 aliphatic rings. The minimum absolute atomic E-state index is 0.106. The number of alkyl halides is 3. The molecule has 0 amide bonds. The van der Waals surface area contributed by atoms with Gasteiger partial charge < -0.3 is 9.73 Å². The van der Waals surface area contributed by atoms with E-state index in [0.29, 0.717) is 17.0 Å².